The number of amides is 1. The number of rotatable bonds is 5. The van der Waals surface area contributed by atoms with Crippen molar-refractivity contribution in [3.8, 4) is 0 Å². The Morgan fingerprint density at radius 1 is 1.10 bits per heavy atom. The Morgan fingerprint density at radius 3 is 2.43 bits per heavy atom. The van der Waals surface area contributed by atoms with E-state index >= 15 is 0 Å². The molecule has 1 fully saturated rings. The molecule has 1 unspecified atom stereocenters. The highest BCUT2D eigenvalue weighted by atomic mass is 127. The van der Waals surface area contributed by atoms with Crippen LogP contribution in [-0.2, 0) is 0 Å². The minimum Gasteiger partial charge on any atom is -0.478 e. The molecular weight excluding hydrogens is 509 g/mol. The summed E-state index contributed by atoms with van der Waals surface area (Å²) in [5.41, 5.74) is -0.711. The van der Waals surface area contributed by atoms with Crippen LogP contribution in [0, 0.1) is 22.1 Å². The van der Waals surface area contributed by atoms with Crippen molar-refractivity contribution in [1.29, 1.82) is 0 Å². The molecule has 0 saturated heterocycles. The third kappa shape index (κ3) is 4.72. The maximum Gasteiger partial charge on any atom is 0.337 e. The summed E-state index contributed by atoms with van der Waals surface area (Å²) < 4.78 is 30.5. The highest BCUT2D eigenvalue weighted by Gasteiger charge is 2.29. The van der Waals surface area contributed by atoms with Gasteiger partial charge in [-0.3, -0.25) is 4.79 Å². The molecule has 0 aliphatic heterocycles. The molecule has 160 valence electrons. The van der Waals surface area contributed by atoms with E-state index in [1.165, 1.54) is 0 Å². The number of nitrogens with one attached hydrogen (secondary N) is 2. The van der Waals surface area contributed by atoms with Crippen molar-refractivity contribution in [2.45, 2.75) is 44.8 Å². The van der Waals surface area contributed by atoms with Crippen molar-refractivity contribution < 1.29 is 28.6 Å². The number of aryl methyl sites for hydroxylation is 1. The molecule has 1 saturated carbocycles. The minimum atomic E-state index is -1.51. The molecule has 4 N–H and O–H groups in total. The Balaban J connectivity index is 1.97. The van der Waals surface area contributed by atoms with Gasteiger partial charge in [0.25, 0.3) is 5.91 Å². The van der Waals surface area contributed by atoms with Gasteiger partial charge < -0.3 is 20.8 Å². The van der Waals surface area contributed by atoms with Crippen LogP contribution in [-0.4, -0.2) is 34.2 Å². The van der Waals surface area contributed by atoms with Gasteiger partial charge in [-0.15, -0.1) is 0 Å². The number of aromatic carboxylic acids is 1. The summed E-state index contributed by atoms with van der Waals surface area (Å²) in [4.78, 5) is 24.3. The summed E-state index contributed by atoms with van der Waals surface area (Å²) >= 11 is 2.10. The molecule has 1 aliphatic carbocycles. The second kappa shape index (κ2) is 9.25. The van der Waals surface area contributed by atoms with Gasteiger partial charge in [-0.1, -0.05) is 12.8 Å². The molecule has 0 aromatic heterocycles. The Hall–Kier alpha value is -2.27. The van der Waals surface area contributed by atoms with Gasteiger partial charge in [0.05, 0.1) is 29.0 Å². The van der Waals surface area contributed by atoms with Crippen molar-refractivity contribution in [3.05, 3.63) is 56.2 Å². The van der Waals surface area contributed by atoms with Crippen LogP contribution in [0.5, 0.6) is 0 Å². The number of anilines is 2. The first-order valence-corrected chi connectivity index (χ1v) is 10.5. The molecule has 6 nitrogen and oxygen atoms in total. The van der Waals surface area contributed by atoms with Crippen molar-refractivity contribution in [1.82, 2.24) is 5.32 Å². The molecule has 0 heterocycles. The number of carbonyl (C=O) groups is 2. The second-order valence-corrected chi connectivity index (χ2v) is 8.54. The van der Waals surface area contributed by atoms with E-state index in [-0.39, 0.29) is 0 Å². The number of hydrogen-bond donors (Lipinski definition) is 4. The monoisotopic (exact) mass is 530 g/mol. The maximum atomic E-state index is 14.9. The Morgan fingerprint density at radius 2 is 1.80 bits per heavy atom. The molecule has 2 atom stereocenters. The third-order valence-electron chi connectivity index (χ3n) is 5.18. The standard InChI is InChI=1S/C21H21F2IN2O4/c1-10-8-11(24)6-7-14(10)25-19-13(21(29)30)9-12(17(22)18(19)23)20(28)26-15-4-2-3-5-16(15)27/h6-9,15-16,25,27H,2-5H2,1H3,(H,26,28)(H,29,30)/t15-,16?/m1/s1. The van der Waals surface area contributed by atoms with E-state index in [0.717, 1.165) is 22.5 Å². The normalized spacial score (nSPS) is 18.7. The highest BCUT2D eigenvalue weighted by Crippen LogP contribution is 2.31. The largest absolute Gasteiger partial charge is 0.478 e. The van der Waals surface area contributed by atoms with E-state index in [1.54, 1.807) is 25.1 Å². The first kappa shape index (κ1) is 22.4. The summed E-state index contributed by atoms with van der Waals surface area (Å²) in [6.07, 6.45) is 1.84. The molecule has 3 rings (SSSR count). The smallest absolute Gasteiger partial charge is 0.337 e. The number of halogens is 3. The Labute approximate surface area is 185 Å². The van der Waals surface area contributed by atoms with Crippen LogP contribution < -0.4 is 10.6 Å². The minimum absolute atomic E-state index is 0.416. The highest BCUT2D eigenvalue weighted by molar-refractivity contribution is 14.1. The molecule has 30 heavy (non-hydrogen) atoms. The van der Waals surface area contributed by atoms with Crippen LogP contribution in [0.25, 0.3) is 0 Å². The summed E-state index contributed by atoms with van der Waals surface area (Å²) in [6, 6.07) is 5.40. The van der Waals surface area contributed by atoms with E-state index < -0.39 is 52.5 Å². The van der Waals surface area contributed by atoms with Gasteiger partial charge in [0.2, 0.25) is 0 Å². The Kier molecular flexibility index (Phi) is 6.91. The lowest BCUT2D eigenvalue weighted by atomic mass is 9.92. The van der Waals surface area contributed by atoms with E-state index in [4.69, 9.17) is 0 Å². The van der Waals surface area contributed by atoms with E-state index in [9.17, 15) is 28.6 Å². The number of carboxylic acids is 1. The van der Waals surface area contributed by atoms with Gasteiger partial charge in [0.15, 0.2) is 11.6 Å². The predicted molar refractivity (Wildman–Crippen MR) is 116 cm³/mol. The first-order chi connectivity index (χ1) is 14.2. The van der Waals surface area contributed by atoms with Gasteiger partial charge >= 0.3 is 5.97 Å². The fraction of sp³-hybridized carbons (Fsp3) is 0.333. The summed E-state index contributed by atoms with van der Waals surface area (Å²) in [6.45, 7) is 1.75. The lowest BCUT2D eigenvalue weighted by molar-refractivity contribution is 0.0696. The molecule has 0 radical (unpaired) electrons. The summed E-state index contributed by atoms with van der Waals surface area (Å²) in [5.74, 6) is -5.38. The van der Waals surface area contributed by atoms with Gasteiger partial charge in [0.1, 0.15) is 0 Å². The average Bonchev–Trinajstić information content (AvgIpc) is 2.68. The third-order valence-corrected chi connectivity index (χ3v) is 5.85. The molecule has 2 aromatic rings. The topological polar surface area (TPSA) is 98.7 Å². The lowest BCUT2D eigenvalue weighted by Crippen LogP contribution is -2.45. The van der Waals surface area contributed by atoms with Crippen LogP contribution in [0.3, 0.4) is 0 Å². The SMILES string of the molecule is Cc1cc(I)ccc1Nc1c(C(=O)O)cc(C(=O)N[C@@H]2CCCCC2O)c(F)c1F. The van der Waals surface area contributed by atoms with Gasteiger partial charge in [-0.2, -0.15) is 0 Å². The summed E-state index contributed by atoms with van der Waals surface area (Å²) in [7, 11) is 0. The zero-order valence-corrected chi connectivity index (χ0v) is 18.3. The maximum absolute atomic E-state index is 14.9. The average molecular weight is 530 g/mol. The Bertz CT molecular complexity index is 999. The molecular formula is C21H21F2IN2O4. The van der Waals surface area contributed by atoms with Crippen LogP contribution in [0.15, 0.2) is 24.3 Å². The lowest BCUT2D eigenvalue weighted by Gasteiger charge is -2.28. The summed E-state index contributed by atoms with van der Waals surface area (Å²) in [5, 5.41) is 24.7. The van der Waals surface area contributed by atoms with Crippen LogP contribution in [0.4, 0.5) is 20.2 Å². The molecule has 2 aromatic carbocycles. The number of carboxylic acid groups (broad SMARTS) is 1. The number of carbonyl (C=O) groups excluding carboxylic acids is 1. The zero-order chi connectivity index (χ0) is 22.0. The number of aliphatic hydroxyl groups is 1. The van der Waals surface area contributed by atoms with Crippen LogP contribution in [0.2, 0.25) is 0 Å². The van der Waals surface area contributed by atoms with Crippen molar-refractivity contribution in [3.63, 3.8) is 0 Å². The first-order valence-electron chi connectivity index (χ1n) is 9.46. The van der Waals surface area contributed by atoms with Crippen molar-refractivity contribution in [2.75, 3.05) is 5.32 Å². The molecule has 1 amide bonds. The fourth-order valence-electron chi connectivity index (χ4n) is 3.51. The van der Waals surface area contributed by atoms with E-state index in [2.05, 4.69) is 33.2 Å². The molecule has 9 heteroatoms. The zero-order valence-electron chi connectivity index (χ0n) is 16.1. The van der Waals surface area contributed by atoms with E-state index in [1.807, 2.05) is 0 Å². The fourth-order valence-corrected chi connectivity index (χ4v) is 4.16. The molecule has 0 spiro atoms. The molecule has 1 aliphatic rings. The van der Waals surface area contributed by atoms with Gasteiger partial charge in [0, 0.05) is 9.26 Å². The van der Waals surface area contributed by atoms with Crippen molar-refractivity contribution in [2.24, 2.45) is 0 Å². The van der Waals surface area contributed by atoms with E-state index in [0.29, 0.717) is 24.1 Å². The second-order valence-electron chi connectivity index (χ2n) is 7.30. The van der Waals surface area contributed by atoms with Crippen molar-refractivity contribution >= 4 is 45.8 Å². The van der Waals surface area contributed by atoms with Gasteiger partial charge in [-0.05, 0) is 72.2 Å². The molecule has 0 bridgehead atoms. The van der Waals surface area contributed by atoms with Crippen LogP contribution in [0.1, 0.15) is 52.0 Å². The van der Waals surface area contributed by atoms with Gasteiger partial charge in [-0.25, -0.2) is 13.6 Å². The number of aliphatic hydroxyl groups excluding tert-OH is 1. The number of hydrogen-bond acceptors (Lipinski definition) is 4. The predicted octanol–water partition coefficient (Wildman–Crippen LogP) is 4.35. The van der Waals surface area contributed by atoms with Crippen LogP contribution >= 0.6 is 22.6 Å². The number of benzene rings is 2. The quantitative estimate of drug-likeness (QED) is 0.431.